The minimum Gasteiger partial charge on any atom is -0.486 e. The van der Waals surface area contributed by atoms with Crippen molar-refractivity contribution in [1.29, 1.82) is 0 Å². The first-order valence-corrected chi connectivity index (χ1v) is 6.19. The highest BCUT2D eigenvalue weighted by atomic mass is 16.5. The van der Waals surface area contributed by atoms with Crippen LogP contribution in [-0.2, 0) is 4.79 Å². The van der Waals surface area contributed by atoms with Gasteiger partial charge in [-0.25, -0.2) is 0 Å². The van der Waals surface area contributed by atoms with E-state index >= 15 is 0 Å². The Hall–Kier alpha value is -1.55. The molecule has 0 spiro atoms. The number of rotatable bonds is 7. The number of amides is 1. The minimum absolute atomic E-state index is 0.0362. The maximum atomic E-state index is 11.5. The standard InChI is InChI=1S/C14H22N2O2/c1-14(2,11-16-13(17)9-10-15-3)18-12-7-5-4-6-8-12/h4-8,15H,9-11H2,1-3H3,(H,16,17). The lowest BCUT2D eigenvalue weighted by molar-refractivity contribution is -0.121. The molecule has 0 heterocycles. The number of para-hydroxylation sites is 1. The fourth-order valence-corrected chi connectivity index (χ4v) is 1.48. The molecule has 4 heteroatoms. The molecular formula is C14H22N2O2. The summed E-state index contributed by atoms with van der Waals surface area (Å²) in [5, 5.41) is 5.82. The fourth-order valence-electron chi connectivity index (χ4n) is 1.48. The molecule has 0 unspecified atom stereocenters. The van der Waals surface area contributed by atoms with Crippen LogP contribution >= 0.6 is 0 Å². The van der Waals surface area contributed by atoms with Crippen molar-refractivity contribution < 1.29 is 9.53 Å². The smallest absolute Gasteiger partial charge is 0.221 e. The second-order valence-electron chi connectivity index (χ2n) is 4.81. The van der Waals surface area contributed by atoms with E-state index in [1.165, 1.54) is 0 Å². The molecule has 0 atom stereocenters. The van der Waals surface area contributed by atoms with E-state index in [1.54, 1.807) is 0 Å². The molecule has 0 aliphatic rings. The summed E-state index contributed by atoms with van der Waals surface area (Å²) in [6.45, 7) is 5.09. The summed E-state index contributed by atoms with van der Waals surface area (Å²) >= 11 is 0. The average molecular weight is 250 g/mol. The number of ether oxygens (including phenoxy) is 1. The summed E-state index contributed by atoms with van der Waals surface area (Å²) in [5.41, 5.74) is -0.420. The van der Waals surface area contributed by atoms with E-state index in [1.807, 2.05) is 51.2 Å². The van der Waals surface area contributed by atoms with Gasteiger partial charge in [-0.3, -0.25) is 4.79 Å². The van der Waals surface area contributed by atoms with Crippen molar-refractivity contribution in [2.24, 2.45) is 0 Å². The third-order valence-corrected chi connectivity index (χ3v) is 2.45. The van der Waals surface area contributed by atoms with Crippen molar-refractivity contribution in [2.45, 2.75) is 25.9 Å². The van der Waals surface area contributed by atoms with Gasteiger partial charge in [0.1, 0.15) is 11.4 Å². The Labute approximate surface area is 109 Å². The monoisotopic (exact) mass is 250 g/mol. The van der Waals surface area contributed by atoms with Gasteiger partial charge in [0.25, 0.3) is 0 Å². The Morgan fingerprint density at radius 1 is 1.28 bits per heavy atom. The largest absolute Gasteiger partial charge is 0.486 e. The highest BCUT2D eigenvalue weighted by Crippen LogP contribution is 2.16. The Balaban J connectivity index is 2.38. The summed E-state index contributed by atoms with van der Waals surface area (Å²) in [6, 6.07) is 9.61. The van der Waals surface area contributed by atoms with E-state index in [9.17, 15) is 4.79 Å². The van der Waals surface area contributed by atoms with Crippen molar-refractivity contribution in [3.63, 3.8) is 0 Å². The molecule has 0 radical (unpaired) electrons. The Bertz CT molecular complexity index is 363. The molecule has 0 saturated heterocycles. The van der Waals surface area contributed by atoms with Gasteiger partial charge in [-0.2, -0.15) is 0 Å². The zero-order valence-corrected chi connectivity index (χ0v) is 11.3. The molecule has 0 aliphatic carbocycles. The lowest BCUT2D eigenvalue weighted by atomic mass is 10.1. The second-order valence-corrected chi connectivity index (χ2v) is 4.81. The van der Waals surface area contributed by atoms with Crippen LogP contribution in [-0.4, -0.2) is 31.6 Å². The lowest BCUT2D eigenvalue weighted by Crippen LogP contribution is -2.43. The number of nitrogens with one attached hydrogen (secondary N) is 2. The van der Waals surface area contributed by atoms with Crippen LogP contribution in [0.4, 0.5) is 0 Å². The first-order chi connectivity index (χ1) is 8.53. The molecule has 0 aromatic heterocycles. The van der Waals surface area contributed by atoms with Gasteiger partial charge in [-0.1, -0.05) is 18.2 Å². The third kappa shape index (κ3) is 5.68. The van der Waals surface area contributed by atoms with Crippen molar-refractivity contribution in [3.05, 3.63) is 30.3 Å². The molecule has 1 aromatic carbocycles. The number of hydrogen-bond acceptors (Lipinski definition) is 3. The zero-order valence-electron chi connectivity index (χ0n) is 11.3. The van der Waals surface area contributed by atoms with E-state index in [0.29, 0.717) is 19.5 Å². The van der Waals surface area contributed by atoms with Crippen molar-refractivity contribution in [3.8, 4) is 5.75 Å². The maximum Gasteiger partial charge on any atom is 0.221 e. The Morgan fingerprint density at radius 3 is 2.56 bits per heavy atom. The van der Waals surface area contributed by atoms with Crippen LogP contribution in [0.15, 0.2) is 30.3 Å². The molecule has 18 heavy (non-hydrogen) atoms. The van der Waals surface area contributed by atoms with E-state index in [2.05, 4.69) is 10.6 Å². The predicted molar refractivity (Wildman–Crippen MR) is 72.7 cm³/mol. The molecule has 0 aliphatic heterocycles. The average Bonchev–Trinajstić information content (AvgIpc) is 2.35. The van der Waals surface area contributed by atoms with Crippen LogP contribution in [0, 0.1) is 0 Å². The van der Waals surface area contributed by atoms with Crippen LogP contribution in [0.1, 0.15) is 20.3 Å². The van der Waals surface area contributed by atoms with Gasteiger partial charge in [0, 0.05) is 13.0 Å². The molecule has 0 saturated carbocycles. The third-order valence-electron chi connectivity index (χ3n) is 2.45. The summed E-state index contributed by atoms with van der Waals surface area (Å²) < 4.78 is 5.83. The van der Waals surface area contributed by atoms with Crippen LogP contribution in [0.2, 0.25) is 0 Å². The molecule has 0 fully saturated rings. The summed E-state index contributed by atoms with van der Waals surface area (Å²) in [4.78, 5) is 11.5. The number of hydrogen-bond donors (Lipinski definition) is 2. The van der Waals surface area contributed by atoms with Gasteiger partial charge in [0.2, 0.25) is 5.91 Å². The second kappa shape index (κ2) is 7.01. The number of carbonyl (C=O) groups is 1. The van der Waals surface area contributed by atoms with E-state index in [-0.39, 0.29) is 5.91 Å². The van der Waals surface area contributed by atoms with Crippen LogP contribution in [0.25, 0.3) is 0 Å². The summed E-state index contributed by atoms with van der Waals surface area (Å²) in [7, 11) is 1.83. The molecule has 4 nitrogen and oxygen atoms in total. The topological polar surface area (TPSA) is 50.4 Å². The predicted octanol–water partition coefficient (Wildman–Crippen LogP) is 1.57. The molecule has 1 rings (SSSR count). The first kappa shape index (κ1) is 14.5. The highest BCUT2D eigenvalue weighted by Gasteiger charge is 2.20. The minimum atomic E-state index is -0.420. The van der Waals surface area contributed by atoms with E-state index in [4.69, 9.17) is 4.74 Å². The van der Waals surface area contributed by atoms with Gasteiger partial charge >= 0.3 is 0 Å². The Morgan fingerprint density at radius 2 is 1.94 bits per heavy atom. The highest BCUT2D eigenvalue weighted by molar-refractivity contribution is 5.76. The lowest BCUT2D eigenvalue weighted by Gasteiger charge is -2.26. The van der Waals surface area contributed by atoms with Gasteiger partial charge in [0.05, 0.1) is 6.54 Å². The van der Waals surface area contributed by atoms with Crippen molar-refractivity contribution >= 4 is 5.91 Å². The van der Waals surface area contributed by atoms with Crippen molar-refractivity contribution in [1.82, 2.24) is 10.6 Å². The fraction of sp³-hybridized carbons (Fsp3) is 0.500. The van der Waals surface area contributed by atoms with Crippen LogP contribution < -0.4 is 15.4 Å². The molecule has 2 N–H and O–H groups in total. The zero-order chi connectivity index (χ0) is 13.4. The van der Waals surface area contributed by atoms with Gasteiger partial charge < -0.3 is 15.4 Å². The summed E-state index contributed by atoms with van der Waals surface area (Å²) in [6.07, 6.45) is 0.484. The van der Waals surface area contributed by atoms with Crippen LogP contribution in [0.3, 0.4) is 0 Å². The summed E-state index contributed by atoms with van der Waals surface area (Å²) in [5.74, 6) is 0.848. The molecular weight excluding hydrogens is 228 g/mol. The first-order valence-electron chi connectivity index (χ1n) is 6.19. The number of benzene rings is 1. The Kier molecular flexibility index (Phi) is 5.65. The van der Waals surface area contributed by atoms with Gasteiger partial charge in [-0.15, -0.1) is 0 Å². The van der Waals surface area contributed by atoms with E-state index < -0.39 is 5.60 Å². The molecule has 0 bridgehead atoms. The molecule has 1 aromatic rings. The van der Waals surface area contributed by atoms with Gasteiger partial charge in [0.15, 0.2) is 0 Å². The quantitative estimate of drug-likeness (QED) is 0.772. The van der Waals surface area contributed by atoms with Crippen molar-refractivity contribution in [2.75, 3.05) is 20.1 Å². The van der Waals surface area contributed by atoms with E-state index in [0.717, 1.165) is 5.75 Å². The molecule has 1 amide bonds. The van der Waals surface area contributed by atoms with Crippen LogP contribution in [0.5, 0.6) is 5.75 Å². The maximum absolute atomic E-state index is 11.5. The normalized spacial score (nSPS) is 11.1. The number of carbonyl (C=O) groups excluding carboxylic acids is 1. The van der Waals surface area contributed by atoms with Gasteiger partial charge in [-0.05, 0) is 33.0 Å². The SMILES string of the molecule is CNCCC(=O)NCC(C)(C)Oc1ccccc1. The molecule has 100 valence electrons.